The van der Waals surface area contributed by atoms with Gasteiger partial charge in [0.15, 0.2) is 0 Å². The van der Waals surface area contributed by atoms with Crippen molar-refractivity contribution in [3.63, 3.8) is 0 Å². The van der Waals surface area contributed by atoms with Crippen LogP contribution in [0.5, 0.6) is 0 Å². The van der Waals surface area contributed by atoms with Crippen LogP contribution in [0, 0.1) is 5.41 Å². The molecule has 1 aromatic heterocycles. The lowest BCUT2D eigenvalue weighted by atomic mass is 10.0. The van der Waals surface area contributed by atoms with Crippen molar-refractivity contribution >= 4 is 52.8 Å². The van der Waals surface area contributed by atoms with Crippen LogP contribution in [0.15, 0.2) is 72.8 Å². The zero-order valence-corrected chi connectivity index (χ0v) is 26.4. The van der Waals surface area contributed by atoms with Gasteiger partial charge in [-0.15, -0.1) is 0 Å². The summed E-state index contributed by atoms with van der Waals surface area (Å²) in [5.74, 6) is 0.620. The molecule has 3 aromatic carbocycles. The highest BCUT2D eigenvalue weighted by atomic mass is 16.2. The van der Waals surface area contributed by atoms with Gasteiger partial charge in [0.1, 0.15) is 17.4 Å². The molecule has 0 saturated heterocycles. The Bertz CT molecular complexity index is 1690. The van der Waals surface area contributed by atoms with E-state index >= 15 is 0 Å². The van der Waals surface area contributed by atoms with Gasteiger partial charge in [0.2, 0.25) is 11.9 Å². The minimum Gasteiger partial charge on any atom is -0.372 e. The molecular weight excluding hydrogens is 582 g/mol. The summed E-state index contributed by atoms with van der Waals surface area (Å²) in [4.78, 5) is 49.7. The molecule has 0 aliphatic rings. The maximum Gasteiger partial charge on any atom is 0.253 e. The summed E-state index contributed by atoms with van der Waals surface area (Å²) in [5.41, 5.74) is 9.86. The first-order valence-electron chi connectivity index (χ1n) is 14.7. The van der Waals surface area contributed by atoms with Crippen molar-refractivity contribution < 1.29 is 14.4 Å². The van der Waals surface area contributed by atoms with Gasteiger partial charge in [-0.2, -0.15) is 9.97 Å². The lowest BCUT2D eigenvalue weighted by Crippen LogP contribution is -2.33. The van der Waals surface area contributed by atoms with E-state index in [1.165, 1.54) is 0 Å². The summed E-state index contributed by atoms with van der Waals surface area (Å²) >= 11 is 0. The number of primary amides is 1. The number of ketones is 1. The number of carbonyl (C=O) groups is 3. The number of hydrogen-bond donors (Lipinski definition) is 5. The fraction of sp³-hybridized carbons (Fsp3) is 0.235. The van der Waals surface area contributed by atoms with E-state index in [-0.39, 0.29) is 24.5 Å². The number of carbonyl (C=O) groups excluding carboxylic acids is 3. The Morgan fingerprint density at radius 1 is 0.761 bits per heavy atom. The van der Waals surface area contributed by atoms with Crippen LogP contribution < -0.4 is 21.7 Å². The van der Waals surface area contributed by atoms with Crippen LogP contribution in [-0.2, 0) is 17.6 Å². The molecular formula is C34H39N9O3. The molecule has 46 heavy (non-hydrogen) atoms. The second-order valence-corrected chi connectivity index (χ2v) is 11.1. The van der Waals surface area contributed by atoms with E-state index < -0.39 is 5.91 Å². The largest absolute Gasteiger partial charge is 0.372 e. The first kappa shape index (κ1) is 33.3. The third kappa shape index (κ3) is 8.96. The lowest BCUT2D eigenvalue weighted by molar-refractivity contribution is -0.117. The summed E-state index contributed by atoms with van der Waals surface area (Å²) in [7, 11) is 7.43. The number of Topliss-reactive ketones (excluding diaryl/α,β-unsaturated/α-hetero) is 1. The van der Waals surface area contributed by atoms with E-state index in [2.05, 4.69) is 25.9 Å². The van der Waals surface area contributed by atoms with Gasteiger partial charge in [-0.05, 0) is 73.8 Å². The minimum atomic E-state index is -0.521. The predicted octanol–water partition coefficient (Wildman–Crippen LogP) is 4.09. The summed E-state index contributed by atoms with van der Waals surface area (Å²) < 4.78 is 0. The fourth-order valence-electron chi connectivity index (χ4n) is 4.59. The van der Waals surface area contributed by atoms with Crippen LogP contribution in [0.25, 0.3) is 0 Å². The molecule has 4 aromatic rings. The number of nitrogens with two attached hydrogens (primary N) is 1. The topological polar surface area (TPSA) is 169 Å². The van der Waals surface area contributed by atoms with Gasteiger partial charge in [0, 0.05) is 68.7 Å². The van der Waals surface area contributed by atoms with E-state index in [4.69, 9.17) is 11.1 Å². The first-order valence-corrected chi connectivity index (χ1v) is 14.7. The van der Waals surface area contributed by atoms with Gasteiger partial charge in [-0.25, -0.2) is 0 Å². The molecule has 2 amide bonds. The normalized spacial score (nSPS) is 10.7. The van der Waals surface area contributed by atoms with Crippen LogP contribution in [0.1, 0.15) is 37.4 Å². The molecule has 0 bridgehead atoms. The van der Waals surface area contributed by atoms with Gasteiger partial charge in [0.05, 0.1) is 5.56 Å². The second-order valence-electron chi connectivity index (χ2n) is 11.1. The van der Waals surface area contributed by atoms with E-state index in [0.717, 1.165) is 23.9 Å². The third-order valence-electron chi connectivity index (χ3n) is 7.20. The number of rotatable bonds is 15. The van der Waals surface area contributed by atoms with Crippen molar-refractivity contribution in [3.05, 3.63) is 101 Å². The zero-order valence-electron chi connectivity index (χ0n) is 26.4. The van der Waals surface area contributed by atoms with Crippen LogP contribution in [0.3, 0.4) is 0 Å². The van der Waals surface area contributed by atoms with Gasteiger partial charge < -0.3 is 36.9 Å². The summed E-state index contributed by atoms with van der Waals surface area (Å²) in [6.07, 6.45) is 1.69. The zero-order chi connectivity index (χ0) is 33.2. The molecule has 12 heteroatoms. The van der Waals surface area contributed by atoms with E-state index in [1.807, 2.05) is 55.4 Å². The number of benzene rings is 3. The summed E-state index contributed by atoms with van der Waals surface area (Å²) in [6, 6.07) is 21.3. The van der Waals surface area contributed by atoms with Gasteiger partial charge >= 0.3 is 0 Å². The Labute approximate surface area is 268 Å². The van der Waals surface area contributed by atoms with Crippen molar-refractivity contribution in [2.45, 2.75) is 12.8 Å². The monoisotopic (exact) mass is 621 g/mol. The number of amides is 2. The highest BCUT2D eigenvalue weighted by molar-refractivity contribution is 5.95. The Balaban J connectivity index is 1.38. The Morgan fingerprint density at radius 3 is 1.83 bits per heavy atom. The number of anilines is 5. The average Bonchev–Trinajstić information content (AvgIpc) is 3.04. The Morgan fingerprint density at radius 2 is 1.28 bits per heavy atom. The highest BCUT2D eigenvalue weighted by Gasteiger charge is 2.15. The third-order valence-corrected chi connectivity index (χ3v) is 7.20. The van der Waals surface area contributed by atoms with Gasteiger partial charge in [-0.3, -0.25) is 14.4 Å². The van der Waals surface area contributed by atoms with Gasteiger partial charge in [-0.1, -0.05) is 24.3 Å². The van der Waals surface area contributed by atoms with Crippen molar-refractivity contribution in [3.8, 4) is 0 Å². The Hall–Kier alpha value is -5.62. The molecule has 0 fully saturated rings. The smallest absolute Gasteiger partial charge is 0.253 e. The van der Waals surface area contributed by atoms with Crippen molar-refractivity contribution in [1.82, 2.24) is 19.8 Å². The summed E-state index contributed by atoms with van der Waals surface area (Å²) in [5, 5.41) is 17.2. The molecule has 0 unspecified atom stereocenters. The van der Waals surface area contributed by atoms with Crippen molar-refractivity contribution in [2.75, 3.05) is 57.2 Å². The highest BCUT2D eigenvalue weighted by Crippen LogP contribution is 2.26. The Kier molecular flexibility index (Phi) is 11.1. The van der Waals surface area contributed by atoms with Gasteiger partial charge in [0.25, 0.3) is 5.91 Å². The maximum atomic E-state index is 12.8. The molecule has 0 atom stereocenters. The number of nitrogens with one attached hydrogen (secondary N) is 4. The number of aromatic nitrogens is 2. The molecule has 12 nitrogen and oxygen atoms in total. The molecule has 4 rings (SSSR count). The molecule has 0 aliphatic carbocycles. The van der Waals surface area contributed by atoms with E-state index in [0.29, 0.717) is 52.2 Å². The number of likely N-dealkylation sites (N-methyl/N-ethyl adjacent to an activating group) is 2. The molecule has 1 heterocycles. The van der Waals surface area contributed by atoms with Crippen LogP contribution in [0.2, 0.25) is 0 Å². The van der Waals surface area contributed by atoms with Crippen molar-refractivity contribution in [1.29, 1.82) is 5.41 Å². The molecule has 0 radical (unpaired) electrons. The molecule has 6 N–H and O–H groups in total. The quantitative estimate of drug-likeness (QED) is 0.123. The molecule has 0 aliphatic heterocycles. The molecule has 0 saturated carbocycles. The van der Waals surface area contributed by atoms with Crippen molar-refractivity contribution in [2.24, 2.45) is 5.73 Å². The minimum absolute atomic E-state index is 0.0458. The van der Waals surface area contributed by atoms with E-state index in [9.17, 15) is 14.4 Å². The predicted molar refractivity (Wildman–Crippen MR) is 182 cm³/mol. The standard InChI is InChI=1S/C34H39N9O3/c1-37-31-29(21-35)32(38-26-15-11-24(12-16-26)30(36)45)41-34(40-31)39-27-13-7-23(8-14-27)20-28(44)19-22-5-9-25(10-6-22)33(46)43(4)18-17-42(2)3/h5-16,21,35H,17-20H2,1-4H3,(H2,36,45)(H3,37,38,39,40,41). The summed E-state index contributed by atoms with van der Waals surface area (Å²) in [6.45, 7) is 1.42. The van der Waals surface area contributed by atoms with Crippen LogP contribution in [-0.4, -0.2) is 84.9 Å². The lowest BCUT2D eigenvalue weighted by Gasteiger charge is -2.19. The van der Waals surface area contributed by atoms with Crippen LogP contribution in [0.4, 0.5) is 29.0 Å². The average molecular weight is 622 g/mol. The number of hydrogen-bond acceptors (Lipinski definition) is 10. The molecule has 238 valence electrons. The van der Waals surface area contributed by atoms with E-state index in [1.54, 1.807) is 55.4 Å². The number of nitrogens with zero attached hydrogens (tertiary/aromatic N) is 4. The SMILES string of the molecule is CNc1nc(Nc2ccc(CC(=O)Cc3ccc(C(=O)N(C)CCN(C)C)cc3)cc2)nc(Nc2ccc(C(N)=O)cc2)c1C=N. The molecule has 0 spiro atoms. The second kappa shape index (κ2) is 15.4. The fourth-order valence-corrected chi connectivity index (χ4v) is 4.59. The van der Waals surface area contributed by atoms with Crippen LogP contribution >= 0.6 is 0 Å². The first-order chi connectivity index (χ1) is 22.1. The maximum absolute atomic E-state index is 12.8.